The molecule has 101 heavy (non-hydrogen) atoms. The lowest BCUT2D eigenvalue weighted by atomic mass is 9.33. The van der Waals surface area contributed by atoms with Crippen LogP contribution in [0.15, 0.2) is 11.6 Å². The van der Waals surface area contributed by atoms with Gasteiger partial charge in [0, 0.05) is 46.0 Å². The molecule has 7 aliphatic rings. The molecule has 0 aromatic heterocycles. The molecule has 2 heterocycles. The van der Waals surface area contributed by atoms with Gasteiger partial charge in [-0.25, -0.2) is 14.4 Å². The molecule has 3 N–H and O–H groups in total. The molecule has 0 radical (unpaired) electrons. The van der Waals surface area contributed by atoms with Gasteiger partial charge in [-0.3, -0.25) is 43.2 Å². The van der Waals surface area contributed by atoms with E-state index in [-0.39, 0.29) is 48.2 Å². The molecule has 7 unspecified atom stereocenters. The molecule has 6 fully saturated rings. The van der Waals surface area contributed by atoms with Gasteiger partial charge in [-0.05, 0) is 165 Å². The molecule has 2 saturated heterocycles. The van der Waals surface area contributed by atoms with Crippen LogP contribution < -0.4 is 16.0 Å². The van der Waals surface area contributed by atoms with Gasteiger partial charge in [0.1, 0.15) is 18.1 Å². The van der Waals surface area contributed by atoms with Crippen LogP contribution in [0, 0.1) is 50.2 Å². The minimum Gasteiger partial charge on any atom is -0.467 e. The maximum atomic E-state index is 15.8. The van der Waals surface area contributed by atoms with E-state index in [1.807, 2.05) is 33.1 Å². The summed E-state index contributed by atoms with van der Waals surface area (Å²) in [6, 6.07) is -3.42. The molecule has 7 rings (SSSR count). The summed E-state index contributed by atoms with van der Waals surface area (Å²) in [7, 11) is 3.56. The van der Waals surface area contributed by atoms with Gasteiger partial charge in [0.05, 0.1) is 27.4 Å². The van der Waals surface area contributed by atoms with Crippen molar-refractivity contribution in [1.82, 2.24) is 16.0 Å². The predicted octanol–water partition coefficient (Wildman–Crippen LogP) is 6.47. The van der Waals surface area contributed by atoms with Gasteiger partial charge in [0.15, 0.2) is 60.4 Å². The average Bonchev–Trinajstić information content (AvgIpc) is 0.673. The highest BCUT2D eigenvalue weighted by Gasteiger charge is 2.72. The normalized spacial score (nSPS) is 36.3. The van der Waals surface area contributed by atoms with E-state index in [9.17, 15) is 43.2 Å². The van der Waals surface area contributed by atoms with Gasteiger partial charge in [-0.15, -0.1) is 0 Å². The number of nitrogens with one attached hydrogen (secondary N) is 3. The number of methoxy groups -OCH3 is 3. The molecule has 5 aliphatic carbocycles. The summed E-state index contributed by atoms with van der Waals surface area (Å²) in [6.45, 7) is 21.2. The quantitative estimate of drug-likeness (QED) is 0.0450. The van der Waals surface area contributed by atoms with Crippen LogP contribution >= 0.6 is 35.3 Å². The summed E-state index contributed by atoms with van der Waals surface area (Å²) in [4.78, 5) is 167. The Balaban J connectivity index is 1.34. The number of amides is 3. The fourth-order valence-electron chi connectivity index (χ4n) is 18.0. The SMILES string of the molecule is COC(=O)C(CCSC)NC(=O)[C@H]1O[C@@H](OC2CC[C@@]3(C)C(CC[C@]4(C)C3C(=O)C=C3C5C[C@@](C)(C(=O)NC(CCSC)C(=O)OC)CC[C@]5(C)CC[C@]34C)C2(C)C)[C@H](O[C@@H]2O[C@H](C(=O)NC(CCSC)C(=O)OC)[C@](C)(OC(C)=O)[C@H](OC(C)=O)[C@H]2OC(C)=O)[C@@H](OC(C)=O)[C@@H]1OC(C)=O. The van der Waals surface area contributed by atoms with Gasteiger partial charge in [-0.2, -0.15) is 35.3 Å². The lowest BCUT2D eigenvalue weighted by Gasteiger charge is -2.70. The minimum atomic E-state index is -2.42. The highest BCUT2D eigenvalue weighted by atomic mass is 32.2. The van der Waals surface area contributed by atoms with Crippen LogP contribution in [0.5, 0.6) is 0 Å². The largest absolute Gasteiger partial charge is 0.467 e. The molecule has 0 aromatic rings. The minimum absolute atomic E-state index is 0.00737. The molecule has 3 amide bonds. The van der Waals surface area contributed by atoms with Crippen LogP contribution in [-0.2, 0) is 114 Å². The zero-order chi connectivity index (χ0) is 75.3. The van der Waals surface area contributed by atoms with Crippen molar-refractivity contribution in [3.05, 3.63) is 11.6 Å². The van der Waals surface area contributed by atoms with Gasteiger partial charge in [0.2, 0.25) is 12.2 Å². The molecule has 27 nitrogen and oxygen atoms in total. The highest BCUT2D eigenvalue weighted by molar-refractivity contribution is 7.99. The molecule has 568 valence electrons. The maximum absolute atomic E-state index is 15.8. The van der Waals surface area contributed by atoms with Crippen LogP contribution in [-0.4, -0.2) is 214 Å². The van der Waals surface area contributed by atoms with Crippen LogP contribution in [0.2, 0.25) is 0 Å². The number of carbonyl (C=O) groups is 12. The number of ketones is 1. The van der Waals surface area contributed by atoms with Gasteiger partial charge >= 0.3 is 47.8 Å². The zero-order valence-electron chi connectivity index (χ0n) is 61.9. The van der Waals surface area contributed by atoms with Crippen molar-refractivity contribution in [3.8, 4) is 0 Å². The summed E-state index contributed by atoms with van der Waals surface area (Å²) >= 11 is 4.30. The Hall–Kier alpha value is -5.53. The number of fused-ring (bicyclic) bond motifs is 7. The Morgan fingerprint density at radius 3 is 1.56 bits per heavy atom. The van der Waals surface area contributed by atoms with Crippen LogP contribution in [0.1, 0.15) is 167 Å². The Morgan fingerprint density at radius 1 is 0.554 bits per heavy atom. The standard InChI is InChI=1S/C71H107N3O24S3/c1-36(75)90-49-50(91-37(2)76)52(96-63-53(92-38(3)77)55(93-39(4)78)71(13,98-40(5)79)56(97-63)58(82)73-44(23-32-100-18)60(84)88-15)62(95-51(49)57(81)72-43(22-31-99-17)59(83)87-14)94-48-21-25-68(10)47(65(48,6)7)20-26-70(12)54(68)46(80)34-41-42-35-67(9,28-27-66(42,8)29-30-69(41,70)11)64(86)74-45(24-33-101-19)61(85)89-16/h34,42-45,47-56,62-63H,20-33,35H2,1-19H3,(H,72,81)(H,73,82)(H,74,86)/t42?,43?,44?,45?,47?,48?,49-,50-,51-,52+,53+,54?,55+,56+,62+,63+,66+,67-,68-,69+,70+,71+/m0/s1. The van der Waals surface area contributed by atoms with Crippen molar-refractivity contribution in [1.29, 1.82) is 0 Å². The lowest BCUT2D eigenvalue weighted by molar-refractivity contribution is -0.378. The van der Waals surface area contributed by atoms with Crippen molar-refractivity contribution < 1.29 is 114 Å². The summed E-state index contributed by atoms with van der Waals surface area (Å²) in [5.41, 5.74) is -5.12. The Bertz CT molecular complexity index is 3170. The lowest BCUT2D eigenvalue weighted by Crippen LogP contribution is -2.73. The first-order valence-electron chi connectivity index (χ1n) is 34.6. The Morgan fingerprint density at radius 2 is 1.05 bits per heavy atom. The maximum Gasteiger partial charge on any atom is 0.328 e. The van der Waals surface area contributed by atoms with Crippen LogP contribution in [0.4, 0.5) is 0 Å². The molecule has 0 bridgehead atoms. The molecule has 2 aliphatic heterocycles. The van der Waals surface area contributed by atoms with E-state index in [4.69, 9.17) is 56.8 Å². The Labute approximate surface area is 605 Å². The third kappa shape index (κ3) is 17.1. The Kier molecular flexibility index (Phi) is 27.3. The third-order valence-electron chi connectivity index (χ3n) is 23.4. The van der Waals surface area contributed by atoms with E-state index in [0.29, 0.717) is 55.8 Å². The number of ether oxygens (including phenoxy) is 12. The van der Waals surface area contributed by atoms with Crippen LogP contribution in [0.3, 0.4) is 0 Å². The summed E-state index contributed by atoms with van der Waals surface area (Å²) in [5.74, 6) is -9.32. The molecular weight excluding hydrogens is 1370 g/mol. The summed E-state index contributed by atoms with van der Waals surface area (Å²) in [5, 5.41) is 8.32. The molecule has 0 spiro atoms. The molecule has 4 saturated carbocycles. The molecule has 30 heteroatoms. The number of esters is 8. The number of thioether (sulfide) groups is 3. The fourth-order valence-corrected chi connectivity index (χ4v) is 19.5. The van der Waals surface area contributed by atoms with E-state index in [2.05, 4.69) is 43.6 Å². The topological polar surface area (TPSA) is 352 Å². The zero-order valence-corrected chi connectivity index (χ0v) is 64.4. The van der Waals surface area contributed by atoms with Crippen molar-refractivity contribution in [2.75, 3.05) is 57.4 Å². The number of hydrogen-bond acceptors (Lipinski definition) is 27. The first kappa shape index (κ1) is 82.8. The smallest absolute Gasteiger partial charge is 0.328 e. The number of rotatable bonds is 27. The number of carbonyl (C=O) groups excluding carboxylic acids is 12. The molecule has 22 atom stereocenters. The monoisotopic (exact) mass is 1480 g/mol. The highest BCUT2D eigenvalue weighted by Crippen LogP contribution is 2.75. The predicted molar refractivity (Wildman–Crippen MR) is 370 cm³/mol. The first-order valence-corrected chi connectivity index (χ1v) is 38.8. The second kappa shape index (κ2) is 33.3. The van der Waals surface area contributed by atoms with E-state index in [1.54, 1.807) is 24.3 Å². The second-order valence-electron chi connectivity index (χ2n) is 30.2. The third-order valence-corrected chi connectivity index (χ3v) is 25.3. The van der Waals surface area contributed by atoms with Crippen molar-refractivity contribution in [3.63, 3.8) is 0 Å². The van der Waals surface area contributed by atoms with E-state index < -0.39 is 178 Å². The fraction of sp³-hybridized carbons (Fsp3) is 0.803. The van der Waals surface area contributed by atoms with E-state index in [0.717, 1.165) is 73.7 Å². The molecular formula is C71H107N3O24S3. The van der Waals surface area contributed by atoms with Gasteiger partial charge < -0.3 is 72.8 Å². The number of hydrogen-bond donors (Lipinski definition) is 3. The van der Waals surface area contributed by atoms with E-state index >= 15 is 14.4 Å². The summed E-state index contributed by atoms with van der Waals surface area (Å²) in [6.07, 6.45) is -5.87. The van der Waals surface area contributed by atoms with Crippen LogP contribution in [0.25, 0.3) is 0 Å². The molecule has 0 aromatic carbocycles. The number of allylic oxidation sites excluding steroid dienone is 2. The second-order valence-corrected chi connectivity index (χ2v) is 33.2. The van der Waals surface area contributed by atoms with E-state index in [1.165, 1.54) is 37.6 Å². The first-order chi connectivity index (χ1) is 47.2. The van der Waals surface area contributed by atoms with Crippen molar-refractivity contribution in [2.45, 2.75) is 252 Å². The summed E-state index contributed by atoms with van der Waals surface area (Å²) < 4.78 is 72.4. The average molecular weight is 1480 g/mol. The van der Waals surface area contributed by atoms with Gasteiger partial charge in [-0.1, -0.05) is 54.0 Å². The van der Waals surface area contributed by atoms with Crippen molar-refractivity contribution >= 4 is 107 Å². The van der Waals surface area contributed by atoms with Crippen molar-refractivity contribution in [2.24, 2.45) is 50.2 Å². The van der Waals surface area contributed by atoms with Gasteiger partial charge in [0.25, 0.3) is 11.8 Å².